The topological polar surface area (TPSA) is 53.8 Å². The zero-order valence-corrected chi connectivity index (χ0v) is 12.5. The molecule has 0 radical (unpaired) electrons. The molecule has 3 rings (SSSR count). The molecular weight excluding hydrogens is 294 g/mol. The average Bonchev–Trinajstić information content (AvgIpc) is 2.89. The van der Waals surface area contributed by atoms with Crippen molar-refractivity contribution in [3.63, 3.8) is 0 Å². The average molecular weight is 307 g/mol. The van der Waals surface area contributed by atoms with E-state index in [1.807, 2.05) is 66.7 Å². The van der Waals surface area contributed by atoms with E-state index in [-0.39, 0.29) is 5.91 Å². The van der Waals surface area contributed by atoms with Gasteiger partial charge in [-0.1, -0.05) is 60.7 Å². The van der Waals surface area contributed by atoms with Crippen molar-refractivity contribution in [1.29, 1.82) is 0 Å². The van der Waals surface area contributed by atoms with Crippen LogP contribution in [0.5, 0.6) is 0 Å². The van der Waals surface area contributed by atoms with Crippen LogP contribution in [0.25, 0.3) is 6.08 Å². The Morgan fingerprint density at radius 1 is 0.909 bits per heavy atom. The van der Waals surface area contributed by atoms with Crippen LogP contribution in [-0.2, 0) is 4.79 Å². The van der Waals surface area contributed by atoms with E-state index in [0.717, 1.165) is 11.1 Å². The zero-order chi connectivity index (χ0) is 15.2. The molecule has 22 heavy (non-hydrogen) atoms. The van der Waals surface area contributed by atoms with Crippen LogP contribution in [0.15, 0.2) is 75.8 Å². The number of thioether (sulfide) groups is 1. The van der Waals surface area contributed by atoms with Crippen LogP contribution in [-0.4, -0.2) is 17.3 Å². The summed E-state index contributed by atoms with van der Waals surface area (Å²) >= 11 is 1.29. The van der Waals surface area contributed by atoms with Crippen LogP contribution in [0, 0.1) is 0 Å². The molecule has 108 valence electrons. The number of amidine groups is 1. The summed E-state index contributed by atoms with van der Waals surface area (Å²) in [6.07, 6.45) is 3.49. The molecule has 1 aliphatic heterocycles. The highest BCUT2D eigenvalue weighted by molar-refractivity contribution is 8.18. The molecule has 1 amide bonds. The number of amides is 1. The number of nitrogens with one attached hydrogen (secondary N) is 1. The lowest BCUT2D eigenvalue weighted by Gasteiger charge is -1.92. The Bertz CT molecular complexity index is 752. The summed E-state index contributed by atoms with van der Waals surface area (Å²) in [5, 5.41) is 11.2. The normalized spacial score (nSPS) is 18.3. The number of hydrogen-bond acceptors (Lipinski definition) is 4. The number of benzene rings is 2. The summed E-state index contributed by atoms with van der Waals surface area (Å²) in [5.41, 5.74) is 1.94. The maximum absolute atomic E-state index is 11.9. The van der Waals surface area contributed by atoms with E-state index in [4.69, 9.17) is 0 Å². The molecule has 1 N–H and O–H groups in total. The van der Waals surface area contributed by atoms with Gasteiger partial charge in [0.05, 0.1) is 11.1 Å². The third-order valence-electron chi connectivity index (χ3n) is 2.90. The van der Waals surface area contributed by atoms with E-state index >= 15 is 0 Å². The molecule has 1 fully saturated rings. The Morgan fingerprint density at radius 3 is 2.23 bits per heavy atom. The maximum atomic E-state index is 11.9. The first-order chi connectivity index (χ1) is 10.8. The summed E-state index contributed by atoms with van der Waals surface area (Å²) in [4.78, 5) is 12.5. The van der Waals surface area contributed by atoms with Gasteiger partial charge in [-0.15, -0.1) is 5.10 Å². The molecule has 1 heterocycles. The van der Waals surface area contributed by atoms with E-state index in [2.05, 4.69) is 15.5 Å². The van der Waals surface area contributed by atoms with Crippen molar-refractivity contribution in [3.05, 3.63) is 76.7 Å². The highest BCUT2D eigenvalue weighted by atomic mass is 32.2. The molecule has 0 unspecified atom stereocenters. The van der Waals surface area contributed by atoms with Crippen molar-refractivity contribution < 1.29 is 4.79 Å². The molecule has 0 spiro atoms. The molecule has 0 bridgehead atoms. The van der Waals surface area contributed by atoms with Crippen LogP contribution in [0.3, 0.4) is 0 Å². The van der Waals surface area contributed by atoms with E-state index in [9.17, 15) is 4.79 Å². The molecule has 5 heteroatoms. The second kappa shape index (κ2) is 6.87. The van der Waals surface area contributed by atoms with Crippen molar-refractivity contribution in [2.24, 2.45) is 10.2 Å². The van der Waals surface area contributed by atoms with E-state index < -0.39 is 0 Å². The van der Waals surface area contributed by atoms with Gasteiger partial charge in [0.2, 0.25) is 0 Å². The first kappa shape index (κ1) is 14.3. The Hall–Kier alpha value is -2.66. The number of carbonyl (C=O) groups is 1. The molecule has 4 nitrogen and oxygen atoms in total. The lowest BCUT2D eigenvalue weighted by Crippen LogP contribution is -2.19. The minimum atomic E-state index is -0.150. The van der Waals surface area contributed by atoms with Gasteiger partial charge in [0.1, 0.15) is 0 Å². The molecule has 2 aromatic rings. The monoisotopic (exact) mass is 307 g/mol. The minimum absolute atomic E-state index is 0.150. The molecule has 0 atom stereocenters. The summed E-state index contributed by atoms with van der Waals surface area (Å²) in [5.74, 6) is -0.150. The molecule has 1 aliphatic rings. The molecule has 1 saturated heterocycles. The van der Waals surface area contributed by atoms with Crippen molar-refractivity contribution >= 4 is 35.1 Å². The van der Waals surface area contributed by atoms with Crippen molar-refractivity contribution in [2.75, 3.05) is 0 Å². The minimum Gasteiger partial charge on any atom is -0.299 e. The van der Waals surface area contributed by atoms with Gasteiger partial charge in [-0.2, -0.15) is 5.10 Å². The predicted molar refractivity (Wildman–Crippen MR) is 91.6 cm³/mol. The van der Waals surface area contributed by atoms with Gasteiger partial charge < -0.3 is 0 Å². The first-order valence-corrected chi connectivity index (χ1v) is 7.55. The predicted octanol–water partition coefficient (Wildman–Crippen LogP) is 3.28. The fourth-order valence-corrected chi connectivity index (χ4v) is 2.64. The standard InChI is InChI=1S/C17H13N3OS/c21-16-15(11-13-7-3-1-4-8-13)22-17(19-16)20-18-12-14-9-5-2-6-10-14/h1-12H,(H,19,20,21). The van der Waals surface area contributed by atoms with E-state index in [1.54, 1.807) is 6.21 Å². The summed E-state index contributed by atoms with van der Waals surface area (Å²) in [7, 11) is 0. The number of nitrogens with zero attached hydrogens (tertiary/aromatic N) is 2. The summed E-state index contributed by atoms with van der Waals surface area (Å²) in [6, 6.07) is 19.4. The first-order valence-electron chi connectivity index (χ1n) is 6.73. The maximum Gasteiger partial charge on any atom is 0.264 e. The highest BCUT2D eigenvalue weighted by Crippen LogP contribution is 2.25. The lowest BCUT2D eigenvalue weighted by molar-refractivity contribution is -0.115. The molecule has 0 aromatic heterocycles. The number of rotatable bonds is 3. The molecule has 2 aromatic carbocycles. The van der Waals surface area contributed by atoms with E-state index in [1.165, 1.54) is 11.8 Å². The second-order valence-electron chi connectivity index (χ2n) is 4.54. The van der Waals surface area contributed by atoms with Crippen LogP contribution < -0.4 is 5.32 Å². The lowest BCUT2D eigenvalue weighted by atomic mass is 10.2. The van der Waals surface area contributed by atoms with Crippen LogP contribution in [0.1, 0.15) is 11.1 Å². The van der Waals surface area contributed by atoms with Gasteiger partial charge in [0, 0.05) is 0 Å². The Balaban J connectivity index is 1.71. The highest BCUT2D eigenvalue weighted by Gasteiger charge is 2.23. The van der Waals surface area contributed by atoms with Gasteiger partial charge in [0.15, 0.2) is 5.17 Å². The van der Waals surface area contributed by atoms with Crippen molar-refractivity contribution in [2.45, 2.75) is 0 Å². The largest absolute Gasteiger partial charge is 0.299 e. The van der Waals surface area contributed by atoms with Crippen molar-refractivity contribution in [1.82, 2.24) is 5.32 Å². The smallest absolute Gasteiger partial charge is 0.264 e. The van der Waals surface area contributed by atoms with Crippen LogP contribution >= 0.6 is 11.8 Å². The summed E-state index contributed by atoms with van der Waals surface area (Å²) < 4.78 is 0. The molecule has 0 aliphatic carbocycles. The van der Waals surface area contributed by atoms with Gasteiger partial charge in [-0.3, -0.25) is 10.1 Å². The van der Waals surface area contributed by atoms with Gasteiger partial charge in [-0.05, 0) is 29.0 Å². The third kappa shape index (κ3) is 3.71. The van der Waals surface area contributed by atoms with Gasteiger partial charge >= 0.3 is 0 Å². The summed E-state index contributed by atoms with van der Waals surface area (Å²) in [6.45, 7) is 0. The fraction of sp³-hybridized carbons (Fsp3) is 0. The SMILES string of the molecule is O=C1N/C(=N\N=Cc2ccccc2)SC1=Cc1ccccc1. The zero-order valence-electron chi connectivity index (χ0n) is 11.6. The van der Waals surface area contributed by atoms with Crippen molar-refractivity contribution in [3.8, 4) is 0 Å². The fourth-order valence-electron chi connectivity index (χ4n) is 1.86. The van der Waals surface area contributed by atoms with Crippen LogP contribution in [0.2, 0.25) is 0 Å². The molecule has 0 saturated carbocycles. The third-order valence-corrected chi connectivity index (χ3v) is 3.80. The number of hydrogen-bond donors (Lipinski definition) is 1. The quantitative estimate of drug-likeness (QED) is 0.537. The van der Waals surface area contributed by atoms with Gasteiger partial charge in [0.25, 0.3) is 5.91 Å². The second-order valence-corrected chi connectivity index (χ2v) is 5.57. The van der Waals surface area contributed by atoms with Gasteiger partial charge in [-0.25, -0.2) is 0 Å². The number of carbonyl (C=O) groups excluding carboxylic acids is 1. The molecular formula is C17H13N3OS. The Kier molecular flexibility index (Phi) is 4.46. The van der Waals surface area contributed by atoms with E-state index in [0.29, 0.717) is 10.1 Å². The Labute approximate surface area is 132 Å². The Morgan fingerprint density at radius 2 is 1.55 bits per heavy atom. The van der Waals surface area contributed by atoms with Crippen LogP contribution in [0.4, 0.5) is 0 Å².